The molecule has 0 amide bonds. The summed E-state index contributed by atoms with van der Waals surface area (Å²) in [6.07, 6.45) is 3.78. The maximum atomic E-state index is 3.34. The first-order chi connectivity index (χ1) is 9.11. The molecule has 1 N–H and O–H groups in total. The summed E-state index contributed by atoms with van der Waals surface area (Å²) in [6.45, 7) is 5.60. The number of hydrogen-bond donors (Lipinski definition) is 1. The summed E-state index contributed by atoms with van der Waals surface area (Å²) in [5, 5.41) is 4.86. The van der Waals surface area contributed by atoms with Crippen molar-refractivity contribution in [2.45, 2.75) is 33.1 Å². The van der Waals surface area contributed by atoms with Crippen LogP contribution in [0.2, 0.25) is 0 Å². The van der Waals surface area contributed by atoms with Gasteiger partial charge in [0.15, 0.2) is 0 Å². The molecule has 102 valence electrons. The number of aromatic nitrogens is 1. The first-order valence-electron chi connectivity index (χ1n) is 7.33. The minimum Gasteiger partial charge on any atom is -0.347 e. The van der Waals surface area contributed by atoms with Gasteiger partial charge in [0.2, 0.25) is 0 Å². The molecular weight excluding hydrogens is 232 g/mol. The van der Waals surface area contributed by atoms with E-state index in [2.05, 4.69) is 50.0 Å². The van der Waals surface area contributed by atoms with Crippen LogP contribution in [0.25, 0.3) is 10.9 Å². The molecule has 0 saturated carbocycles. The minimum atomic E-state index is 0.795. The van der Waals surface area contributed by atoms with Crippen molar-refractivity contribution in [1.82, 2.24) is 9.88 Å². The molecule has 1 aliphatic rings. The highest BCUT2D eigenvalue weighted by Crippen LogP contribution is 2.35. The molecule has 1 unspecified atom stereocenters. The van der Waals surface area contributed by atoms with E-state index < -0.39 is 0 Å². The third-order valence-corrected chi connectivity index (χ3v) is 4.65. The van der Waals surface area contributed by atoms with Crippen molar-refractivity contribution in [3.8, 4) is 0 Å². The lowest BCUT2D eigenvalue weighted by Gasteiger charge is -2.23. The molecule has 0 fully saturated rings. The van der Waals surface area contributed by atoms with Crippen LogP contribution in [0.5, 0.6) is 0 Å². The van der Waals surface area contributed by atoms with Crippen LogP contribution in [0.4, 0.5) is 0 Å². The molecule has 1 aromatic carbocycles. The molecule has 0 bridgehead atoms. The predicted octanol–water partition coefficient (Wildman–Crippen LogP) is 3.12. The van der Waals surface area contributed by atoms with Gasteiger partial charge in [0, 0.05) is 23.6 Å². The van der Waals surface area contributed by atoms with Crippen LogP contribution in [0.1, 0.15) is 28.8 Å². The van der Waals surface area contributed by atoms with Crippen LogP contribution in [-0.4, -0.2) is 18.2 Å². The van der Waals surface area contributed by atoms with Crippen molar-refractivity contribution in [1.29, 1.82) is 0 Å². The Hall–Kier alpha value is -1.28. The number of nitrogens with one attached hydrogen (secondary N) is 1. The van der Waals surface area contributed by atoms with Crippen molar-refractivity contribution < 1.29 is 0 Å². The molecule has 3 rings (SSSR count). The van der Waals surface area contributed by atoms with E-state index in [1.54, 1.807) is 11.3 Å². The second kappa shape index (κ2) is 4.68. The molecule has 0 spiro atoms. The van der Waals surface area contributed by atoms with Crippen LogP contribution in [0, 0.1) is 19.8 Å². The van der Waals surface area contributed by atoms with Crippen LogP contribution in [0.15, 0.2) is 12.1 Å². The monoisotopic (exact) mass is 256 g/mol. The zero-order valence-electron chi connectivity index (χ0n) is 12.5. The maximum absolute atomic E-state index is 3.34. The van der Waals surface area contributed by atoms with E-state index >= 15 is 0 Å². The van der Waals surface area contributed by atoms with Gasteiger partial charge in [-0.1, -0.05) is 6.07 Å². The summed E-state index contributed by atoms with van der Waals surface area (Å²) < 4.78 is 2.43. The van der Waals surface area contributed by atoms with Crippen molar-refractivity contribution in [3.05, 3.63) is 34.5 Å². The molecule has 19 heavy (non-hydrogen) atoms. The van der Waals surface area contributed by atoms with Gasteiger partial charge in [-0.25, -0.2) is 0 Å². The van der Waals surface area contributed by atoms with E-state index in [0.29, 0.717) is 0 Å². The van der Waals surface area contributed by atoms with Gasteiger partial charge >= 0.3 is 0 Å². The van der Waals surface area contributed by atoms with Crippen LogP contribution >= 0.6 is 0 Å². The Morgan fingerprint density at radius 3 is 2.84 bits per heavy atom. The highest BCUT2D eigenvalue weighted by Gasteiger charge is 2.24. The topological polar surface area (TPSA) is 17.0 Å². The molecule has 0 saturated heterocycles. The lowest BCUT2D eigenvalue weighted by molar-refractivity contribution is 0.434. The second-order valence-electron chi connectivity index (χ2n) is 6.13. The molecule has 2 aromatic rings. The lowest BCUT2D eigenvalue weighted by Crippen LogP contribution is -2.25. The number of nitrogens with zero attached hydrogens (tertiary/aromatic N) is 1. The highest BCUT2D eigenvalue weighted by atomic mass is 15.0. The largest absolute Gasteiger partial charge is 0.347 e. The molecule has 1 aromatic heterocycles. The van der Waals surface area contributed by atoms with Gasteiger partial charge in [-0.3, -0.25) is 0 Å². The van der Waals surface area contributed by atoms with Crippen LogP contribution in [0.3, 0.4) is 0 Å². The fourth-order valence-electron chi connectivity index (χ4n) is 3.83. The standard InChI is InChI=1S/C17H24N2/c1-11-7-12(2)17-14-9-13(10-18-3)5-6-15(14)19(4)16(17)8-11/h7-8,13,18H,5-6,9-10H2,1-4H3. The van der Waals surface area contributed by atoms with E-state index in [1.807, 2.05) is 0 Å². The molecule has 2 nitrogen and oxygen atoms in total. The third-order valence-electron chi connectivity index (χ3n) is 4.65. The van der Waals surface area contributed by atoms with Crippen molar-refractivity contribution in [2.75, 3.05) is 13.6 Å². The molecule has 1 aliphatic carbocycles. The minimum absolute atomic E-state index is 0.795. The number of aryl methyl sites for hydroxylation is 3. The Kier molecular flexibility index (Phi) is 3.14. The Morgan fingerprint density at radius 1 is 1.32 bits per heavy atom. The summed E-state index contributed by atoms with van der Waals surface area (Å²) in [4.78, 5) is 0. The van der Waals surface area contributed by atoms with Crippen molar-refractivity contribution >= 4 is 10.9 Å². The Balaban J connectivity index is 2.18. The maximum Gasteiger partial charge on any atom is 0.0488 e. The first kappa shape index (κ1) is 12.7. The molecule has 0 aliphatic heterocycles. The summed E-state index contributed by atoms with van der Waals surface area (Å²) >= 11 is 0. The average Bonchev–Trinajstić information content (AvgIpc) is 2.63. The average molecular weight is 256 g/mol. The van der Waals surface area contributed by atoms with E-state index in [-0.39, 0.29) is 0 Å². The van der Waals surface area contributed by atoms with Gasteiger partial charge < -0.3 is 9.88 Å². The molecular formula is C17H24N2. The van der Waals surface area contributed by atoms with E-state index in [1.165, 1.54) is 41.3 Å². The fraction of sp³-hybridized carbons (Fsp3) is 0.529. The molecule has 0 radical (unpaired) electrons. The number of hydrogen-bond acceptors (Lipinski definition) is 1. The quantitative estimate of drug-likeness (QED) is 0.873. The summed E-state index contributed by atoms with van der Waals surface area (Å²) in [5.74, 6) is 0.795. The van der Waals surface area contributed by atoms with Gasteiger partial charge in [0.1, 0.15) is 0 Å². The van der Waals surface area contributed by atoms with Gasteiger partial charge in [0.05, 0.1) is 0 Å². The third kappa shape index (κ3) is 1.99. The zero-order chi connectivity index (χ0) is 13.6. The first-order valence-corrected chi connectivity index (χ1v) is 7.33. The molecule has 1 atom stereocenters. The predicted molar refractivity (Wildman–Crippen MR) is 81.8 cm³/mol. The second-order valence-corrected chi connectivity index (χ2v) is 6.13. The number of rotatable bonds is 2. The number of benzene rings is 1. The van der Waals surface area contributed by atoms with Crippen LogP contribution < -0.4 is 5.32 Å². The van der Waals surface area contributed by atoms with Crippen molar-refractivity contribution in [3.63, 3.8) is 0 Å². The highest BCUT2D eigenvalue weighted by molar-refractivity contribution is 5.89. The number of fused-ring (bicyclic) bond motifs is 3. The van der Waals surface area contributed by atoms with Crippen molar-refractivity contribution in [2.24, 2.45) is 13.0 Å². The lowest BCUT2D eigenvalue weighted by atomic mass is 9.85. The van der Waals surface area contributed by atoms with E-state index in [4.69, 9.17) is 0 Å². The summed E-state index contributed by atoms with van der Waals surface area (Å²) in [6, 6.07) is 4.66. The Labute approximate surface area is 115 Å². The Bertz CT molecular complexity index is 622. The molecule has 1 heterocycles. The van der Waals surface area contributed by atoms with E-state index in [9.17, 15) is 0 Å². The smallest absolute Gasteiger partial charge is 0.0488 e. The molecule has 2 heteroatoms. The zero-order valence-corrected chi connectivity index (χ0v) is 12.5. The summed E-state index contributed by atoms with van der Waals surface area (Å²) in [7, 11) is 4.30. The van der Waals surface area contributed by atoms with Crippen LogP contribution in [-0.2, 0) is 19.9 Å². The van der Waals surface area contributed by atoms with Gasteiger partial charge in [0.25, 0.3) is 0 Å². The SMILES string of the molecule is CNCC1CCc2c(c3c(C)cc(C)cc3n2C)C1. The fourth-order valence-corrected chi connectivity index (χ4v) is 3.83. The Morgan fingerprint density at radius 2 is 2.11 bits per heavy atom. The normalized spacial score (nSPS) is 18.8. The van der Waals surface area contributed by atoms with Gasteiger partial charge in [-0.05, 0) is 75.4 Å². The summed E-state index contributed by atoms with van der Waals surface area (Å²) in [5.41, 5.74) is 7.41. The van der Waals surface area contributed by atoms with E-state index in [0.717, 1.165) is 12.5 Å². The van der Waals surface area contributed by atoms with Gasteiger partial charge in [-0.2, -0.15) is 0 Å². The van der Waals surface area contributed by atoms with Gasteiger partial charge in [-0.15, -0.1) is 0 Å².